The fourth-order valence-corrected chi connectivity index (χ4v) is 1.74. The Balaban J connectivity index is 2.40. The Kier molecular flexibility index (Phi) is 2.71. The first-order chi connectivity index (χ1) is 7.75. The standard InChI is InChI=1S/C12H13NO3/c1-14-10-4-3-9(5-11(10)15-2)12(6-13)7-16-8-12/h3-5H,7-8H2,1-2H3. The van der Waals surface area contributed by atoms with Crippen molar-refractivity contribution in [1.29, 1.82) is 5.26 Å². The number of ether oxygens (including phenoxy) is 3. The van der Waals surface area contributed by atoms with Crippen LogP contribution in [0.25, 0.3) is 0 Å². The predicted molar refractivity (Wildman–Crippen MR) is 57.7 cm³/mol. The largest absolute Gasteiger partial charge is 0.493 e. The van der Waals surface area contributed by atoms with Gasteiger partial charge in [0.25, 0.3) is 0 Å². The highest BCUT2D eigenvalue weighted by Gasteiger charge is 2.41. The minimum absolute atomic E-state index is 0.443. The number of hydrogen-bond donors (Lipinski definition) is 0. The van der Waals surface area contributed by atoms with Gasteiger partial charge in [0, 0.05) is 0 Å². The maximum Gasteiger partial charge on any atom is 0.161 e. The fraction of sp³-hybridized carbons (Fsp3) is 0.417. The minimum Gasteiger partial charge on any atom is -0.493 e. The summed E-state index contributed by atoms with van der Waals surface area (Å²) in [5, 5.41) is 9.18. The summed E-state index contributed by atoms with van der Waals surface area (Å²) in [4.78, 5) is 0. The van der Waals surface area contributed by atoms with Gasteiger partial charge in [-0.3, -0.25) is 0 Å². The van der Waals surface area contributed by atoms with Crippen LogP contribution in [-0.2, 0) is 10.2 Å². The highest BCUT2D eigenvalue weighted by Crippen LogP contribution is 2.36. The summed E-state index contributed by atoms with van der Waals surface area (Å²) >= 11 is 0. The van der Waals surface area contributed by atoms with Crippen molar-refractivity contribution in [2.75, 3.05) is 27.4 Å². The van der Waals surface area contributed by atoms with E-state index in [9.17, 15) is 5.26 Å². The maximum atomic E-state index is 9.18. The molecule has 0 radical (unpaired) electrons. The molecule has 0 unspecified atom stereocenters. The van der Waals surface area contributed by atoms with E-state index in [1.165, 1.54) is 0 Å². The smallest absolute Gasteiger partial charge is 0.161 e. The molecule has 0 aliphatic carbocycles. The number of hydrogen-bond acceptors (Lipinski definition) is 4. The Labute approximate surface area is 94.3 Å². The number of benzene rings is 1. The third-order valence-electron chi connectivity index (χ3n) is 2.85. The zero-order chi connectivity index (χ0) is 11.6. The topological polar surface area (TPSA) is 51.5 Å². The summed E-state index contributed by atoms with van der Waals surface area (Å²) in [6.45, 7) is 0.887. The Morgan fingerprint density at radius 1 is 1.25 bits per heavy atom. The summed E-state index contributed by atoms with van der Waals surface area (Å²) in [5.74, 6) is 1.31. The third-order valence-corrected chi connectivity index (χ3v) is 2.85. The molecule has 1 aliphatic rings. The number of nitriles is 1. The normalized spacial score (nSPS) is 17.1. The van der Waals surface area contributed by atoms with Crippen LogP contribution < -0.4 is 9.47 Å². The van der Waals surface area contributed by atoms with E-state index in [1.54, 1.807) is 14.2 Å². The van der Waals surface area contributed by atoms with Crippen LogP contribution in [0, 0.1) is 11.3 Å². The van der Waals surface area contributed by atoms with Gasteiger partial charge in [-0.25, -0.2) is 0 Å². The zero-order valence-corrected chi connectivity index (χ0v) is 9.32. The highest BCUT2D eigenvalue weighted by molar-refractivity contribution is 5.48. The molecule has 4 nitrogen and oxygen atoms in total. The van der Waals surface area contributed by atoms with Gasteiger partial charge < -0.3 is 14.2 Å². The lowest BCUT2D eigenvalue weighted by Crippen LogP contribution is -2.45. The summed E-state index contributed by atoms with van der Waals surface area (Å²) in [5.41, 5.74) is 0.401. The molecular weight excluding hydrogens is 206 g/mol. The molecule has 0 amide bonds. The van der Waals surface area contributed by atoms with E-state index in [2.05, 4.69) is 6.07 Å². The quantitative estimate of drug-likeness (QED) is 0.773. The van der Waals surface area contributed by atoms with Crippen LogP contribution in [0.15, 0.2) is 18.2 Å². The molecular formula is C12H13NO3. The molecule has 4 heteroatoms. The molecule has 1 aromatic carbocycles. The van der Waals surface area contributed by atoms with Crippen molar-refractivity contribution in [3.05, 3.63) is 23.8 Å². The second-order valence-corrected chi connectivity index (χ2v) is 3.76. The summed E-state index contributed by atoms with van der Waals surface area (Å²) in [7, 11) is 3.17. The van der Waals surface area contributed by atoms with Crippen molar-refractivity contribution in [1.82, 2.24) is 0 Å². The molecule has 1 fully saturated rings. The molecule has 0 saturated carbocycles. The van der Waals surface area contributed by atoms with Crippen LogP contribution in [0.1, 0.15) is 5.56 Å². The average molecular weight is 219 g/mol. The maximum absolute atomic E-state index is 9.18. The molecule has 1 aromatic rings. The van der Waals surface area contributed by atoms with Crippen molar-refractivity contribution in [2.24, 2.45) is 0 Å². The van der Waals surface area contributed by atoms with Gasteiger partial charge in [0.2, 0.25) is 0 Å². The van der Waals surface area contributed by atoms with Gasteiger partial charge in [0.05, 0.1) is 33.5 Å². The van der Waals surface area contributed by atoms with Gasteiger partial charge in [-0.15, -0.1) is 0 Å². The lowest BCUT2D eigenvalue weighted by Gasteiger charge is -2.35. The van der Waals surface area contributed by atoms with Crippen molar-refractivity contribution in [3.63, 3.8) is 0 Å². The van der Waals surface area contributed by atoms with Crippen molar-refractivity contribution in [2.45, 2.75) is 5.41 Å². The van der Waals surface area contributed by atoms with Crippen LogP contribution >= 0.6 is 0 Å². The second-order valence-electron chi connectivity index (χ2n) is 3.76. The Bertz CT molecular complexity index is 432. The fourth-order valence-electron chi connectivity index (χ4n) is 1.74. The molecule has 0 spiro atoms. The van der Waals surface area contributed by atoms with Gasteiger partial charge in [0.1, 0.15) is 5.41 Å². The summed E-state index contributed by atoms with van der Waals surface area (Å²) < 4.78 is 15.5. The van der Waals surface area contributed by atoms with E-state index in [-0.39, 0.29) is 0 Å². The molecule has 0 bridgehead atoms. The van der Waals surface area contributed by atoms with Gasteiger partial charge in [-0.1, -0.05) is 6.07 Å². The van der Waals surface area contributed by atoms with Crippen LogP contribution in [0.3, 0.4) is 0 Å². The Hall–Kier alpha value is -1.73. The highest BCUT2D eigenvalue weighted by atomic mass is 16.5. The van der Waals surface area contributed by atoms with E-state index in [4.69, 9.17) is 14.2 Å². The monoisotopic (exact) mass is 219 g/mol. The summed E-state index contributed by atoms with van der Waals surface area (Å²) in [6, 6.07) is 7.83. The number of nitrogens with zero attached hydrogens (tertiary/aromatic N) is 1. The van der Waals surface area contributed by atoms with E-state index in [0.717, 1.165) is 5.56 Å². The van der Waals surface area contributed by atoms with Crippen molar-refractivity contribution in [3.8, 4) is 17.6 Å². The molecule has 1 saturated heterocycles. The van der Waals surface area contributed by atoms with Crippen molar-refractivity contribution < 1.29 is 14.2 Å². The predicted octanol–water partition coefficient (Wildman–Crippen LogP) is 1.50. The van der Waals surface area contributed by atoms with Crippen LogP contribution in [0.2, 0.25) is 0 Å². The SMILES string of the molecule is COc1ccc(C2(C#N)COC2)cc1OC. The van der Waals surface area contributed by atoms with Gasteiger partial charge in [0.15, 0.2) is 11.5 Å². The van der Waals surface area contributed by atoms with Crippen LogP contribution in [0.5, 0.6) is 11.5 Å². The molecule has 84 valence electrons. The van der Waals surface area contributed by atoms with E-state index in [0.29, 0.717) is 24.7 Å². The lowest BCUT2D eigenvalue weighted by atomic mass is 9.80. The first kappa shape index (κ1) is 10.8. The average Bonchev–Trinajstić information content (AvgIpc) is 2.28. The Morgan fingerprint density at radius 2 is 1.94 bits per heavy atom. The first-order valence-electron chi connectivity index (χ1n) is 4.97. The second kappa shape index (κ2) is 4.03. The van der Waals surface area contributed by atoms with Crippen LogP contribution in [0.4, 0.5) is 0 Å². The molecule has 1 aliphatic heterocycles. The van der Waals surface area contributed by atoms with Crippen LogP contribution in [-0.4, -0.2) is 27.4 Å². The third kappa shape index (κ3) is 1.50. The van der Waals surface area contributed by atoms with E-state index in [1.807, 2.05) is 18.2 Å². The molecule has 2 rings (SSSR count). The summed E-state index contributed by atoms with van der Waals surface area (Å²) in [6.07, 6.45) is 0. The molecule has 0 aromatic heterocycles. The molecule has 0 atom stereocenters. The van der Waals surface area contributed by atoms with Gasteiger partial charge >= 0.3 is 0 Å². The number of rotatable bonds is 3. The Morgan fingerprint density at radius 3 is 2.38 bits per heavy atom. The minimum atomic E-state index is -0.514. The van der Waals surface area contributed by atoms with E-state index >= 15 is 0 Å². The lowest BCUT2D eigenvalue weighted by molar-refractivity contribution is -0.0298. The van der Waals surface area contributed by atoms with Gasteiger partial charge in [-0.2, -0.15) is 5.26 Å². The molecule has 1 heterocycles. The van der Waals surface area contributed by atoms with Crippen molar-refractivity contribution >= 4 is 0 Å². The van der Waals surface area contributed by atoms with Gasteiger partial charge in [-0.05, 0) is 17.7 Å². The molecule has 0 N–H and O–H groups in total. The van der Waals surface area contributed by atoms with E-state index < -0.39 is 5.41 Å². The zero-order valence-electron chi connectivity index (χ0n) is 9.32. The molecule has 16 heavy (non-hydrogen) atoms. The number of methoxy groups -OCH3 is 2. The first-order valence-corrected chi connectivity index (χ1v) is 4.97.